The Balaban J connectivity index is 1.38. The number of alkyl halides is 3. The molecule has 0 radical (unpaired) electrons. The third kappa shape index (κ3) is 4.83. The lowest BCUT2D eigenvalue weighted by Gasteiger charge is -2.34. The first-order valence-corrected chi connectivity index (χ1v) is 13.6. The first-order valence-electron chi connectivity index (χ1n) is 11.3. The van der Waals surface area contributed by atoms with Gasteiger partial charge in [-0.25, -0.2) is 23.1 Å². The summed E-state index contributed by atoms with van der Waals surface area (Å²) in [5.74, 6) is 0.511. The molecule has 1 fully saturated rings. The van der Waals surface area contributed by atoms with Crippen molar-refractivity contribution in [1.29, 1.82) is 5.26 Å². The lowest BCUT2D eigenvalue weighted by atomic mass is 10.0. The van der Waals surface area contributed by atoms with E-state index in [1.54, 1.807) is 25.1 Å². The summed E-state index contributed by atoms with van der Waals surface area (Å²) in [6.07, 6.45) is -0.466. The smallest absolute Gasteiger partial charge is 0.354 e. The predicted molar refractivity (Wildman–Crippen MR) is 131 cm³/mol. The molecule has 7 nitrogen and oxygen atoms in total. The van der Waals surface area contributed by atoms with E-state index in [4.69, 9.17) is 0 Å². The van der Waals surface area contributed by atoms with Gasteiger partial charge >= 0.3 is 6.18 Å². The Kier molecular flexibility index (Phi) is 6.26. The number of fused-ring (bicyclic) bond motifs is 2. The van der Waals surface area contributed by atoms with Crippen LogP contribution < -0.4 is 9.62 Å². The third-order valence-corrected chi connectivity index (χ3v) is 9.17. The van der Waals surface area contributed by atoms with Gasteiger partial charge in [-0.05, 0) is 54.7 Å². The summed E-state index contributed by atoms with van der Waals surface area (Å²) < 4.78 is 68.1. The van der Waals surface area contributed by atoms with Crippen molar-refractivity contribution >= 4 is 43.5 Å². The maximum absolute atomic E-state index is 13.3. The minimum atomic E-state index is -4.31. The monoisotopic (exact) mass is 533 g/mol. The van der Waals surface area contributed by atoms with Crippen LogP contribution >= 0.6 is 11.3 Å². The number of halogens is 3. The van der Waals surface area contributed by atoms with E-state index in [9.17, 15) is 26.9 Å². The average Bonchev–Trinajstić information content (AvgIpc) is 3.41. The van der Waals surface area contributed by atoms with Crippen LogP contribution in [0.1, 0.15) is 34.4 Å². The molecule has 12 heteroatoms. The Morgan fingerprint density at radius 1 is 1.31 bits per heavy atom. The van der Waals surface area contributed by atoms with Gasteiger partial charge in [-0.3, -0.25) is 0 Å². The summed E-state index contributed by atoms with van der Waals surface area (Å²) in [7, 11) is -3.85. The fourth-order valence-corrected chi connectivity index (χ4v) is 7.43. The zero-order chi connectivity index (χ0) is 25.7. The van der Waals surface area contributed by atoms with Gasteiger partial charge in [-0.1, -0.05) is 6.07 Å². The van der Waals surface area contributed by atoms with Crippen molar-refractivity contribution in [2.75, 3.05) is 18.0 Å². The molecule has 0 spiro atoms. The van der Waals surface area contributed by atoms with Gasteiger partial charge in [0.2, 0.25) is 10.0 Å². The van der Waals surface area contributed by atoms with Gasteiger partial charge in [-0.15, -0.1) is 11.3 Å². The zero-order valence-corrected chi connectivity index (χ0v) is 20.9. The van der Waals surface area contributed by atoms with Crippen LogP contribution in [0.15, 0.2) is 35.0 Å². The maximum Gasteiger partial charge on any atom is 0.393 e. The fourth-order valence-electron chi connectivity index (χ4n) is 4.89. The van der Waals surface area contributed by atoms with Gasteiger partial charge in [0.15, 0.2) is 0 Å². The molecule has 3 heterocycles. The minimum Gasteiger partial charge on any atom is -0.354 e. The van der Waals surface area contributed by atoms with Gasteiger partial charge in [0.25, 0.3) is 0 Å². The Morgan fingerprint density at radius 3 is 2.86 bits per heavy atom. The molecular formula is C24H22F3N5O2S2. The highest BCUT2D eigenvalue weighted by atomic mass is 32.2. The second-order valence-corrected chi connectivity index (χ2v) is 11.8. The summed E-state index contributed by atoms with van der Waals surface area (Å²) in [5.41, 5.74) is 2.91. The molecule has 0 bridgehead atoms. The summed E-state index contributed by atoms with van der Waals surface area (Å²) in [6.45, 7) is 2.68. The number of hydrogen-bond donors (Lipinski definition) is 1. The van der Waals surface area contributed by atoms with Crippen molar-refractivity contribution in [3.63, 3.8) is 0 Å². The molecule has 5 rings (SSSR count). The van der Waals surface area contributed by atoms with Crippen molar-refractivity contribution in [2.24, 2.45) is 0 Å². The lowest BCUT2D eigenvalue weighted by Crippen LogP contribution is -2.48. The maximum atomic E-state index is 13.3. The number of anilines is 1. The number of rotatable bonds is 5. The second kappa shape index (κ2) is 9.14. The molecule has 3 aromatic rings. The minimum absolute atomic E-state index is 0.161. The number of nitriles is 1. The largest absolute Gasteiger partial charge is 0.393 e. The number of nitrogens with zero attached hydrogens (tertiary/aromatic N) is 4. The van der Waals surface area contributed by atoms with Gasteiger partial charge in [0.1, 0.15) is 17.0 Å². The number of thiophene rings is 1. The summed E-state index contributed by atoms with van der Waals surface area (Å²) in [4.78, 5) is 11.2. The number of benzene rings is 1. The molecule has 1 aromatic carbocycles. The highest BCUT2D eigenvalue weighted by Crippen LogP contribution is 2.35. The standard InChI is InChI=1S/C24H22F3N5O2S2/c1-14-19-8-15(11-28)7-16(19)4-5-21(14)36(33,34)31-17-3-2-6-32(12-17)22-20-9-18(10-24(25,26)27)35-23(20)30-13-29-22/h4-5,8-9,13,17,31H,2-3,6-7,10,12H2,1H3. The molecule has 1 unspecified atom stereocenters. The van der Waals surface area contributed by atoms with Crippen molar-refractivity contribution in [3.05, 3.63) is 51.7 Å². The van der Waals surface area contributed by atoms with Crippen molar-refractivity contribution in [3.8, 4) is 6.07 Å². The molecular weight excluding hydrogens is 511 g/mol. The van der Waals surface area contributed by atoms with E-state index in [1.165, 1.54) is 12.4 Å². The van der Waals surface area contributed by atoms with Crippen LogP contribution in [0.4, 0.5) is 19.0 Å². The molecule has 0 saturated carbocycles. The summed E-state index contributed by atoms with van der Waals surface area (Å²) >= 11 is 0.989. The van der Waals surface area contributed by atoms with Gasteiger partial charge in [-0.2, -0.15) is 18.4 Å². The van der Waals surface area contributed by atoms with Crippen LogP contribution in [0.2, 0.25) is 0 Å². The number of allylic oxidation sites excluding steroid dienone is 1. The molecule has 1 aliphatic heterocycles. The lowest BCUT2D eigenvalue weighted by molar-refractivity contribution is -0.126. The van der Waals surface area contributed by atoms with Crippen LogP contribution in [0.3, 0.4) is 0 Å². The quantitative estimate of drug-likeness (QED) is 0.518. The van der Waals surface area contributed by atoms with Crippen LogP contribution in [0, 0.1) is 18.3 Å². The average molecular weight is 534 g/mol. The molecule has 0 amide bonds. The van der Waals surface area contributed by atoms with E-state index in [-0.39, 0.29) is 9.77 Å². The van der Waals surface area contributed by atoms with Crippen molar-refractivity contribution in [2.45, 2.75) is 49.7 Å². The zero-order valence-electron chi connectivity index (χ0n) is 19.3. The van der Waals surface area contributed by atoms with Crippen LogP contribution in [-0.4, -0.2) is 43.7 Å². The van der Waals surface area contributed by atoms with Crippen LogP contribution in [0.5, 0.6) is 0 Å². The number of hydrogen-bond acceptors (Lipinski definition) is 7. The summed E-state index contributed by atoms with van der Waals surface area (Å²) in [6, 6.07) is 6.53. The number of piperidine rings is 1. The predicted octanol–water partition coefficient (Wildman–Crippen LogP) is 4.51. The molecule has 1 saturated heterocycles. The second-order valence-electron chi connectivity index (χ2n) is 9.05. The van der Waals surface area contributed by atoms with Crippen molar-refractivity contribution in [1.82, 2.24) is 14.7 Å². The van der Waals surface area contributed by atoms with Gasteiger partial charge in [0, 0.05) is 36.0 Å². The number of aromatic nitrogens is 2. The Hall–Kier alpha value is -3.01. The Morgan fingerprint density at radius 2 is 2.11 bits per heavy atom. The highest BCUT2D eigenvalue weighted by Gasteiger charge is 2.31. The molecule has 1 aliphatic carbocycles. The Labute approximate surface area is 210 Å². The molecule has 1 atom stereocenters. The topological polar surface area (TPSA) is 99.0 Å². The molecule has 2 aliphatic rings. The third-order valence-electron chi connectivity index (χ3n) is 6.46. The molecule has 2 aromatic heterocycles. The Bertz CT molecular complexity index is 1520. The van der Waals surface area contributed by atoms with E-state index in [1.807, 2.05) is 4.90 Å². The number of nitrogens with one attached hydrogen (secondary N) is 1. The van der Waals surface area contributed by atoms with Crippen LogP contribution in [0.25, 0.3) is 16.3 Å². The molecule has 36 heavy (non-hydrogen) atoms. The van der Waals surface area contributed by atoms with Gasteiger partial charge in [0.05, 0.1) is 22.8 Å². The fraction of sp³-hybridized carbons (Fsp3) is 0.375. The SMILES string of the molecule is Cc1c(S(=O)(=O)NC2CCCN(c3ncnc4sc(CC(F)(F)F)cc34)C2)ccc2c1C=C(C#N)C2. The normalized spacial score (nSPS) is 18.2. The van der Waals surface area contributed by atoms with Gasteiger partial charge < -0.3 is 4.90 Å². The first kappa shape index (κ1) is 24.7. The summed E-state index contributed by atoms with van der Waals surface area (Å²) in [5, 5.41) is 9.74. The van der Waals surface area contributed by atoms with Crippen molar-refractivity contribution < 1.29 is 21.6 Å². The van der Waals surface area contributed by atoms with Crippen LogP contribution in [-0.2, 0) is 22.9 Å². The highest BCUT2D eigenvalue weighted by molar-refractivity contribution is 7.89. The van der Waals surface area contributed by atoms with E-state index in [2.05, 4.69) is 20.8 Å². The van der Waals surface area contributed by atoms with E-state index in [0.29, 0.717) is 59.5 Å². The van der Waals surface area contributed by atoms with E-state index < -0.39 is 28.7 Å². The van der Waals surface area contributed by atoms with E-state index in [0.717, 1.165) is 22.5 Å². The van der Waals surface area contributed by atoms with E-state index >= 15 is 0 Å². The molecule has 188 valence electrons. The number of sulfonamides is 1. The first-order chi connectivity index (χ1) is 17.0. The molecule has 1 N–H and O–H groups in total.